The summed E-state index contributed by atoms with van der Waals surface area (Å²) >= 11 is 3.30. The second kappa shape index (κ2) is 6.88. The first kappa shape index (κ1) is 16.7. The molecule has 1 heterocycles. The number of ether oxygens (including phenoxy) is 2. The van der Waals surface area contributed by atoms with Gasteiger partial charge in [-0.05, 0) is 33.8 Å². The van der Waals surface area contributed by atoms with E-state index in [1.807, 2.05) is 0 Å². The Bertz CT molecular complexity index is 491. The lowest BCUT2D eigenvalue weighted by Gasteiger charge is -2.16. The first-order chi connectivity index (χ1) is 9.29. The molecule has 0 N–H and O–H groups in total. The van der Waals surface area contributed by atoms with Gasteiger partial charge >= 0.3 is 11.9 Å². The van der Waals surface area contributed by atoms with Gasteiger partial charge in [-0.2, -0.15) is 5.10 Å². The highest BCUT2D eigenvalue weighted by atomic mass is 79.9. The summed E-state index contributed by atoms with van der Waals surface area (Å²) in [6, 6.07) is 1.61. The molecule has 1 aromatic heterocycles. The van der Waals surface area contributed by atoms with E-state index in [1.165, 1.54) is 4.68 Å². The number of alkyl halides is 1. The average Bonchev–Trinajstić information content (AvgIpc) is 2.78. The van der Waals surface area contributed by atoms with Crippen molar-refractivity contribution in [3.05, 3.63) is 17.5 Å². The zero-order valence-electron chi connectivity index (χ0n) is 12.1. The van der Waals surface area contributed by atoms with Gasteiger partial charge in [-0.15, -0.1) is 0 Å². The van der Waals surface area contributed by atoms with Gasteiger partial charge in [-0.1, -0.05) is 15.9 Å². The van der Waals surface area contributed by atoms with Crippen molar-refractivity contribution >= 4 is 27.9 Å². The van der Waals surface area contributed by atoms with Crippen molar-refractivity contribution in [3.63, 3.8) is 0 Å². The lowest BCUT2D eigenvalue weighted by Crippen LogP contribution is -2.24. The molecule has 0 atom stereocenters. The van der Waals surface area contributed by atoms with Crippen LogP contribution in [0.2, 0.25) is 0 Å². The normalized spacial score (nSPS) is 11.2. The zero-order chi connectivity index (χ0) is 15.3. The average molecular weight is 347 g/mol. The maximum absolute atomic E-state index is 11.7. The lowest BCUT2D eigenvalue weighted by atomic mass is 9.98. The van der Waals surface area contributed by atoms with Crippen molar-refractivity contribution in [2.24, 2.45) is 5.41 Å². The smallest absolute Gasteiger partial charge is 0.358 e. The highest BCUT2D eigenvalue weighted by Crippen LogP contribution is 2.16. The number of hydrogen-bond donors (Lipinski definition) is 0. The van der Waals surface area contributed by atoms with Crippen LogP contribution in [0.25, 0.3) is 0 Å². The molecule has 0 aliphatic rings. The molecule has 1 rings (SSSR count). The van der Waals surface area contributed by atoms with Crippen molar-refractivity contribution in [1.29, 1.82) is 0 Å². The van der Waals surface area contributed by atoms with E-state index in [1.54, 1.807) is 33.8 Å². The molecule has 112 valence electrons. The summed E-state index contributed by atoms with van der Waals surface area (Å²) < 4.78 is 11.5. The summed E-state index contributed by atoms with van der Waals surface area (Å²) in [5, 5.41) is 4.58. The quantitative estimate of drug-likeness (QED) is 0.605. The molecule has 0 bridgehead atoms. The molecular weight excluding hydrogens is 328 g/mol. The molecule has 0 aliphatic carbocycles. The highest BCUT2D eigenvalue weighted by Gasteiger charge is 2.24. The number of nitrogens with zero attached hydrogens (tertiary/aromatic N) is 2. The van der Waals surface area contributed by atoms with Crippen LogP contribution in [0, 0.1) is 5.41 Å². The van der Waals surface area contributed by atoms with Crippen LogP contribution in [-0.2, 0) is 26.3 Å². The summed E-state index contributed by atoms with van der Waals surface area (Å²) in [5.41, 5.74) is 0.356. The van der Waals surface area contributed by atoms with Gasteiger partial charge in [0, 0.05) is 5.33 Å². The molecule has 0 aromatic carbocycles. The summed E-state index contributed by atoms with van der Waals surface area (Å²) in [5.74, 6) is -0.818. The van der Waals surface area contributed by atoms with E-state index in [4.69, 9.17) is 9.47 Å². The van der Waals surface area contributed by atoms with Gasteiger partial charge in [0.25, 0.3) is 0 Å². The Morgan fingerprint density at radius 1 is 1.35 bits per heavy atom. The van der Waals surface area contributed by atoms with Crippen LogP contribution in [0.5, 0.6) is 0 Å². The molecule has 0 fully saturated rings. The Morgan fingerprint density at radius 2 is 2.00 bits per heavy atom. The monoisotopic (exact) mass is 346 g/mol. The van der Waals surface area contributed by atoms with E-state index in [0.29, 0.717) is 5.33 Å². The van der Waals surface area contributed by atoms with Crippen LogP contribution in [0.15, 0.2) is 6.07 Å². The van der Waals surface area contributed by atoms with Gasteiger partial charge in [-0.25, -0.2) is 9.48 Å². The summed E-state index contributed by atoms with van der Waals surface area (Å²) in [7, 11) is 0. The maximum Gasteiger partial charge on any atom is 0.358 e. The molecule has 0 saturated carbocycles. The van der Waals surface area contributed by atoms with E-state index < -0.39 is 11.4 Å². The van der Waals surface area contributed by atoms with Gasteiger partial charge in [0.15, 0.2) is 12.4 Å². The molecule has 0 amide bonds. The maximum atomic E-state index is 11.7. The standard InChI is InChI=1S/C13H19BrN2O4/c1-5-19-11(17)10-6-9(7-14)16(15-10)8-20-12(18)13(2,3)4/h6H,5,7-8H2,1-4H3. The number of aromatic nitrogens is 2. The van der Waals surface area contributed by atoms with Crippen LogP contribution in [0.3, 0.4) is 0 Å². The fourth-order valence-electron chi connectivity index (χ4n) is 1.32. The zero-order valence-corrected chi connectivity index (χ0v) is 13.7. The third-order valence-electron chi connectivity index (χ3n) is 2.42. The fraction of sp³-hybridized carbons (Fsp3) is 0.615. The number of carbonyl (C=O) groups excluding carboxylic acids is 2. The number of hydrogen-bond acceptors (Lipinski definition) is 5. The molecule has 0 aliphatic heterocycles. The van der Waals surface area contributed by atoms with Gasteiger partial charge < -0.3 is 9.47 Å². The van der Waals surface area contributed by atoms with Crippen molar-refractivity contribution in [2.45, 2.75) is 39.8 Å². The minimum atomic E-state index is -0.578. The third-order valence-corrected chi connectivity index (χ3v) is 2.99. The van der Waals surface area contributed by atoms with Crippen molar-refractivity contribution in [2.75, 3.05) is 6.61 Å². The second-order valence-electron chi connectivity index (χ2n) is 5.19. The Labute approximate surface area is 126 Å². The molecule has 1 aromatic rings. The van der Waals surface area contributed by atoms with Crippen molar-refractivity contribution < 1.29 is 19.1 Å². The SMILES string of the molecule is CCOC(=O)c1cc(CBr)n(COC(=O)C(C)(C)C)n1. The van der Waals surface area contributed by atoms with Crippen LogP contribution in [0.4, 0.5) is 0 Å². The van der Waals surface area contributed by atoms with E-state index >= 15 is 0 Å². The number of esters is 2. The van der Waals surface area contributed by atoms with Crippen LogP contribution in [-0.4, -0.2) is 28.3 Å². The Morgan fingerprint density at radius 3 is 2.50 bits per heavy atom. The van der Waals surface area contributed by atoms with Gasteiger partial charge in [0.05, 0.1) is 17.7 Å². The largest absolute Gasteiger partial charge is 0.461 e. The number of rotatable bonds is 5. The first-order valence-electron chi connectivity index (χ1n) is 6.26. The molecule has 20 heavy (non-hydrogen) atoms. The van der Waals surface area contributed by atoms with Crippen LogP contribution < -0.4 is 0 Å². The predicted molar refractivity (Wildman–Crippen MR) is 76.4 cm³/mol. The Hall–Kier alpha value is -1.37. The van der Waals surface area contributed by atoms with E-state index in [-0.39, 0.29) is 25.0 Å². The summed E-state index contributed by atoms with van der Waals surface area (Å²) in [6.45, 7) is 7.30. The molecule has 6 nitrogen and oxygen atoms in total. The number of carbonyl (C=O) groups is 2. The first-order valence-corrected chi connectivity index (χ1v) is 7.38. The second-order valence-corrected chi connectivity index (χ2v) is 5.75. The lowest BCUT2D eigenvalue weighted by molar-refractivity contribution is -0.157. The topological polar surface area (TPSA) is 70.4 Å². The third kappa shape index (κ3) is 4.33. The summed E-state index contributed by atoms with van der Waals surface area (Å²) in [4.78, 5) is 23.3. The molecule has 0 unspecified atom stereocenters. The predicted octanol–water partition coefficient (Wildman–Crippen LogP) is 2.50. The molecule has 0 radical (unpaired) electrons. The number of halogens is 1. The van der Waals surface area contributed by atoms with E-state index in [2.05, 4.69) is 21.0 Å². The molecular formula is C13H19BrN2O4. The molecule has 0 saturated heterocycles. The Kier molecular flexibility index (Phi) is 5.74. The Balaban J connectivity index is 2.80. The van der Waals surface area contributed by atoms with Gasteiger partial charge in [0.2, 0.25) is 0 Å². The minimum Gasteiger partial charge on any atom is -0.461 e. The van der Waals surface area contributed by atoms with E-state index in [9.17, 15) is 9.59 Å². The van der Waals surface area contributed by atoms with Crippen molar-refractivity contribution in [3.8, 4) is 0 Å². The molecule has 0 spiro atoms. The van der Waals surface area contributed by atoms with Crippen molar-refractivity contribution in [1.82, 2.24) is 9.78 Å². The van der Waals surface area contributed by atoms with Crippen LogP contribution >= 0.6 is 15.9 Å². The summed E-state index contributed by atoms with van der Waals surface area (Å²) in [6.07, 6.45) is 0. The van der Waals surface area contributed by atoms with E-state index in [0.717, 1.165) is 5.69 Å². The van der Waals surface area contributed by atoms with Crippen LogP contribution in [0.1, 0.15) is 43.9 Å². The minimum absolute atomic E-state index is 0.0313. The molecule has 7 heteroatoms. The highest BCUT2D eigenvalue weighted by molar-refractivity contribution is 9.08. The van der Waals surface area contributed by atoms with Gasteiger partial charge in [-0.3, -0.25) is 4.79 Å². The van der Waals surface area contributed by atoms with Gasteiger partial charge in [0.1, 0.15) is 0 Å². The fourth-order valence-corrected chi connectivity index (χ4v) is 1.77.